The van der Waals surface area contributed by atoms with Crippen LogP contribution in [-0.4, -0.2) is 55.0 Å². The number of rotatable bonds is 7. The van der Waals surface area contributed by atoms with E-state index in [0.717, 1.165) is 57.9 Å². The van der Waals surface area contributed by atoms with Gasteiger partial charge in [-0.05, 0) is 69.8 Å². The molecule has 0 bridgehead atoms. The molecule has 3 rings (SSSR count). The molecule has 4 nitrogen and oxygen atoms in total. The van der Waals surface area contributed by atoms with Gasteiger partial charge in [-0.15, -0.1) is 0 Å². The number of carbonyl (C=O) groups is 1. The first-order valence-electron chi connectivity index (χ1n) is 10.5. The van der Waals surface area contributed by atoms with Crippen LogP contribution in [0.5, 0.6) is 0 Å². The van der Waals surface area contributed by atoms with Crippen LogP contribution in [0.25, 0.3) is 0 Å². The number of piperidine rings is 2. The van der Waals surface area contributed by atoms with Gasteiger partial charge in [-0.2, -0.15) is 0 Å². The molecule has 4 heteroatoms. The number of hydrogen-bond donors (Lipinski definition) is 1. The van der Waals surface area contributed by atoms with Crippen molar-refractivity contribution in [3.8, 4) is 0 Å². The molecule has 144 valence electrons. The van der Waals surface area contributed by atoms with Gasteiger partial charge in [-0.1, -0.05) is 37.3 Å². The number of carbonyl (C=O) groups excluding carboxylic acids is 1. The lowest BCUT2D eigenvalue weighted by molar-refractivity contribution is -0.126. The third kappa shape index (κ3) is 6.10. The van der Waals surface area contributed by atoms with Gasteiger partial charge < -0.3 is 10.2 Å². The topological polar surface area (TPSA) is 35.6 Å². The third-order valence-electron chi connectivity index (χ3n) is 5.90. The van der Waals surface area contributed by atoms with Crippen LogP contribution in [0.4, 0.5) is 0 Å². The fourth-order valence-corrected chi connectivity index (χ4v) is 4.34. The third-order valence-corrected chi connectivity index (χ3v) is 5.90. The summed E-state index contributed by atoms with van der Waals surface area (Å²) in [5.74, 6) is 1.31. The quantitative estimate of drug-likeness (QED) is 0.762. The Kier molecular flexibility index (Phi) is 7.51. The second-order valence-corrected chi connectivity index (χ2v) is 8.23. The minimum atomic E-state index is 0.206. The van der Waals surface area contributed by atoms with Gasteiger partial charge >= 0.3 is 0 Å². The summed E-state index contributed by atoms with van der Waals surface area (Å²) >= 11 is 0. The molecule has 1 atom stereocenters. The largest absolute Gasteiger partial charge is 0.356 e. The second kappa shape index (κ2) is 10.1. The van der Waals surface area contributed by atoms with E-state index in [-0.39, 0.29) is 11.8 Å². The first-order valence-corrected chi connectivity index (χ1v) is 10.5. The number of likely N-dealkylation sites (tertiary alicyclic amines) is 2. The van der Waals surface area contributed by atoms with Crippen molar-refractivity contribution >= 4 is 5.91 Å². The molecule has 2 aliphatic heterocycles. The highest BCUT2D eigenvalue weighted by molar-refractivity contribution is 5.78. The van der Waals surface area contributed by atoms with Crippen LogP contribution in [0.15, 0.2) is 30.3 Å². The number of nitrogens with zero attached hydrogens (tertiary/aromatic N) is 2. The Labute approximate surface area is 158 Å². The van der Waals surface area contributed by atoms with Crippen molar-refractivity contribution in [1.29, 1.82) is 0 Å². The van der Waals surface area contributed by atoms with Gasteiger partial charge in [0.05, 0.1) is 0 Å². The van der Waals surface area contributed by atoms with Gasteiger partial charge in [0, 0.05) is 25.6 Å². The Morgan fingerprint density at radius 1 is 1.08 bits per heavy atom. The molecule has 0 aliphatic carbocycles. The minimum absolute atomic E-state index is 0.206. The Morgan fingerprint density at radius 3 is 2.58 bits per heavy atom. The van der Waals surface area contributed by atoms with Gasteiger partial charge in [0.15, 0.2) is 0 Å². The SMILES string of the molecule is C[C@@H]1CCCN(CCCNC(=O)C2CCN(Cc3ccccc3)CC2)C1. The first-order chi connectivity index (χ1) is 12.7. The number of hydrogen-bond acceptors (Lipinski definition) is 3. The van der Waals surface area contributed by atoms with Gasteiger partial charge in [0.25, 0.3) is 0 Å². The molecule has 26 heavy (non-hydrogen) atoms. The van der Waals surface area contributed by atoms with Crippen LogP contribution in [0.2, 0.25) is 0 Å². The summed E-state index contributed by atoms with van der Waals surface area (Å²) in [7, 11) is 0. The maximum atomic E-state index is 12.4. The Balaban J connectivity index is 1.29. The van der Waals surface area contributed by atoms with Gasteiger partial charge in [0.1, 0.15) is 0 Å². The lowest BCUT2D eigenvalue weighted by Gasteiger charge is -2.32. The van der Waals surface area contributed by atoms with Gasteiger partial charge in [0.2, 0.25) is 5.91 Å². The summed E-state index contributed by atoms with van der Waals surface area (Å²) in [6.07, 6.45) is 5.75. The average Bonchev–Trinajstić information content (AvgIpc) is 2.66. The Bertz CT molecular complexity index is 540. The van der Waals surface area contributed by atoms with E-state index in [9.17, 15) is 4.79 Å². The fraction of sp³-hybridized carbons (Fsp3) is 0.682. The maximum Gasteiger partial charge on any atom is 0.223 e. The predicted molar refractivity (Wildman–Crippen MR) is 107 cm³/mol. The highest BCUT2D eigenvalue weighted by Gasteiger charge is 2.24. The van der Waals surface area contributed by atoms with E-state index in [0.29, 0.717) is 0 Å². The van der Waals surface area contributed by atoms with E-state index < -0.39 is 0 Å². The van der Waals surface area contributed by atoms with E-state index in [4.69, 9.17) is 0 Å². The zero-order valence-electron chi connectivity index (χ0n) is 16.3. The molecule has 2 heterocycles. The number of nitrogens with one attached hydrogen (secondary N) is 1. The molecular formula is C22H35N3O. The Morgan fingerprint density at radius 2 is 1.85 bits per heavy atom. The highest BCUT2D eigenvalue weighted by atomic mass is 16.1. The second-order valence-electron chi connectivity index (χ2n) is 8.23. The predicted octanol–water partition coefficient (Wildman–Crippen LogP) is 3.14. The van der Waals surface area contributed by atoms with Crippen molar-refractivity contribution in [2.45, 2.75) is 45.6 Å². The van der Waals surface area contributed by atoms with Crippen LogP contribution in [-0.2, 0) is 11.3 Å². The first kappa shape index (κ1) is 19.4. The lowest BCUT2D eigenvalue weighted by atomic mass is 9.95. The molecule has 0 saturated carbocycles. The summed E-state index contributed by atoms with van der Waals surface area (Å²) in [4.78, 5) is 17.4. The van der Waals surface area contributed by atoms with Gasteiger partial charge in [-0.25, -0.2) is 0 Å². The molecule has 2 saturated heterocycles. The molecule has 0 spiro atoms. The van der Waals surface area contributed by atoms with Crippen molar-refractivity contribution in [2.75, 3.05) is 39.3 Å². The molecule has 1 amide bonds. The van der Waals surface area contributed by atoms with E-state index in [2.05, 4.69) is 52.4 Å². The van der Waals surface area contributed by atoms with Crippen LogP contribution in [0.3, 0.4) is 0 Å². The minimum Gasteiger partial charge on any atom is -0.356 e. The fourth-order valence-electron chi connectivity index (χ4n) is 4.34. The zero-order valence-corrected chi connectivity index (χ0v) is 16.3. The van der Waals surface area contributed by atoms with Crippen LogP contribution >= 0.6 is 0 Å². The lowest BCUT2D eigenvalue weighted by Crippen LogP contribution is -2.41. The molecule has 1 aromatic rings. The standard InChI is InChI=1S/C22H35N3O/c1-19-7-5-13-24(17-19)14-6-12-23-22(26)21-10-15-25(16-11-21)18-20-8-3-2-4-9-20/h2-4,8-9,19,21H,5-7,10-18H2,1H3,(H,23,26)/t19-/m1/s1. The molecule has 2 aliphatic rings. The molecule has 2 fully saturated rings. The zero-order chi connectivity index (χ0) is 18.2. The van der Waals surface area contributed by atoms with E-state index in [1.165, 1.54) is 31.5 Å². The highest BCUT2D eigenvalue weighted by Crippen LogP contribution is 2.19. The van der Waals surface area contributed by atoms with Crippen molar-refractivity contribution < 1.29 is 4.79 Å². The molecule has 1 aromatic carbocycles. The molecule has 0 unspecified atom stereocenters. The summed E-state index contributed by atoms with van der Waals surface area (Å²) in [5, 5.41) is 3.18. The number of amides is 1. The van der Waals surface area contributed by atoms with Crippen molar-refractivity contribution in [3.05, 3.63) is 35.9 Å². The summed E-state index contributed by atoms with van der Waals surface area (Å²) < 4.78 is 0. The summed E-state index contributed by atoms with van der Waals surface area (Å²) in [6, 6.07) is 10.6. The molecule has 1 N–H and O–H groups in total. The molecule has 0 radical (unpaired) electrons. The maximum absolute atomic E-state index is 12.4. The van der Waals surface area contributed by atoms with Crippen molar-refractivity contribution in [2.24, 2.45) is 11.8 Å². The Hall–Kier alpha value is -1.39. The normalized spacial score (nSPS) is 23.0. The van der Waals surface area contributed by atoms with Crippen molar-refractivity contribution in [3.63, 3.8) is 0 Å². The van der Waals surface area contributed by atoms with E-state index >= 15 is 0 Å². The average molecular weight is 358 g/mol. The van der Waals surface area contributed by atoms with E-state index in [1.807, 2.05) is 0 Å². The van der Waals surface area contributed by atoms with Crippen LogP contribution in [0, 0.1) is 11.8 Å². The molecular weight excluding hydrogens is 322 g/mol. The van der Waals surface area contributed by atoms with Crippen LogP contribution < -0.4 is 5.32 Å². The van der Waals surface area contributed by atoms with Gasteiger partial charge in [-0.3, -0.25) is 9.69 Å². The summed E-state index contributed by atoms with van der Waals surface area (Å²) in [6.45, 7) is 9.82. The smallest absolute Gasteiger partial charge is 0.223 e. The number of benzene rings is 1. The van der Waals surface area contributed by atoms with E-state index in [1.54, 1.807) is 0 Å². The monoisotopic (exact) mass is 357 g/mol. The van der Waals surface area contributed by atoms with Crippen LogP contribution in [0.1, 0.15) is 44.6 Å². The van der Waals surface area contributed by atoms with Crippen molar-refractivity contribution in [1.82, 2.24) is 15.1 Å². The molecule has 0 aromatic heterocycles. The summed E-state index contributed by atoms with van der Waals surface area (Å²) in [5.41, 5.74) is 1.36.